The van der Waals surface area contributed by atoms with E-state index in [0.29, 0.717) is 19.3 Å². The minimum atomic E-state index is -0.689. The molecule has 0 aromatic rings. The third-order valence-corrected chi connectivity index (χ3v) is 1.93. The molecule has 0 N–H and O–H groups in total. The van der Waals surface area contributed by atoms with Crippen molar-refractivity contribution in [2.45, 2.75) is 32.8 Å². The molecule has 0 aromatic carbocycles. The van der Waals surface area contributed by atoms with Crippen molar-refractivity contribution in [2.24, 2.45) is 5.92 Å². The zero-order valence-corrected chi connectivity index (χ0v) is 10.3. The van der Waals surface area contributed by atoms with Gasteiger partial charge in [0.2, 0.25) is 0 Å². The molecule has 5 heteroatoms. The van der Waals surface area contributed by atoms with Crippen LogP contribution in [0.2, 0.25) is 0 Å². The van der Waals surface area contributed by atoms with Gasteiger partial charge < -0.3 is 14.4 Å². The quantitative estimate of drug-likeness (QED) is 0.682. The van der Waals surface area contributed by atoms with E-state index in [9.17, 15) is 14.0 Å². The van der Waals surface area contributed by atoms with E-state index in [4.69, 9.17) is 4.74 Å². The zero-order chi connectivity index (χ0) is 12.8. The van der Waals surface area contributed by atoms with Gasteiger partial charge in [0, 0.05) is 19.5 Å². The van der Waals surface area contributed by atoms with Crippen LogP contribution in [0.15, 0.2) is 0 Å². The highest BCUT2D eigenvalue weighted by Crippen LogP contribution is 2.10. The van der Waals surface area contributed by atoms with Gasteiger partial charge in [-0.2, -0.15) is 0 Å². The molecule has 0 aliphatic rings. The van der Waals surface area contributed by atoms with Crippen LogP contribution in [0.5, 0.6) is 0 Å². The number of hydrogen-bond donors (Lipinski definition) is 0. The number of nitrogens with zero attached hydrogens (tertiary/aromatic N) is 1. The highest BCUT2D eigenvalue weighted by molar-refractivity contribution is 5.67. The van der Waals surface area contributed by atoms with Gasteiger partial charge in [-0.15, -0.1) is 0 Å². The summed E-state index contributed by atoms with van der Waals surface area (Å²) >= 11 is 0. The Kier molecular flexibility index (Phi) is 6.00. The summed E-state index contributed by atoms with van der Waals surface area (Å²) in [4.78, 5) is 23.2. The Morgan fingerprint density at radius 3 is 2.44 bits per heavy atom. The van der Waals surface area contributed by atoms with Crippen molar-refractivity contribution in [1.82, 2.24) is 4.90 Å². The summed E-state index contributed by atoms with van der Waals surface area (Å²) in [6, 6.07) is 0. The Balaban J connectivity index is 4.01. The molecule has 0 rings (SSSR count). The zero-order valence-electron chi connectivity index (χ0n) is 10.3. The molecule has 16 heavy (non-hydrogen) atoms. The van der Waals surface area contributed by atoms with Crippen LogP contribution < -0.4 is 0 Å². The highest BCUT2D eigenvalue weighted by atomic mass is 19.1. The lowest BCUT2D eigenvalue weighted by molar-refractivity contribution is -0.111. The van der Waals surface area contributed by atoms with E-state index in [0.717, 1.165) is 0 Å². The number of amides is 1. The maximum Gasteiger partial charge on any atom is 0.410 e. The summed E-state index contributed by atoms with van der Waals surface area (Å²) in [6.07, 6.45) is 0.426. The third kappa shape index (κ3) is 6.37. The third-order valence-electron chi connectivity index (χ3n) is 1.93. The van der Waals surface area contributed by atoms with Crippen molar-refractivity contribution in [3.05, 3.63) is 0 Å². The molecule has 1 unspecified atom stereocenters. The lowest BCUT2D eigenvalue weighted by Crippen LogP contribution is -2.35. The van der Waals surface area contributed by atoms with Crippen molar-refractivity contribution in [1.29, 1.82) is 0 Å². The monoisotopic (exact) mass is 233 g/mol. The normalized spacial score (nSPS) is 13.1. The Morgan fingerprint density at radius 1 is 1.50 bits per heavy atom. The first-order valence-electron chi connectivity index (χ1n) is 5.25. The van der Waals surface area contributed by atoms with E-state index >= 15 is 0 Å². The van der Waals surface area contributed by atoms with Crippen molar-refractivity contribution < 1.29 is 18.7 Å². The summed E-state index contributed by atoms with van der Waals surface area (Å²) in [5, 5.41) is 0. The van der Waals surface area contributed by atoms with Gasteiger partial charge in [0.15, 0.2) is 0 Å². The Labute approximate surface area is 95.8 Å². The number of carbonyl (C=O) groups is 2. The van der Waals surface area contributed by atoms with Crippen LogP contribution in [0.1, 0.15) is 27.2 Å². The van der Waals surface area contributed by atoms with E-state index in [2.05, 4.69) is 0 Å². The fourth-order valence-corrected chi connectivity index (χ4v) is 0.972. The van der Waals surface area contributed by atoms with Crippen molar-refractivity contribution in [3.63, 3.8) is 0 Å². The first kappa shape index (κ1) is 14.9. The van der Waals surface area contributed by atoms with Crippen LogP contribution in [0.25, 0.3) is 0 Å². The van der Waals surface area contributed by atoms with Gasteiger partial charge in [-0.05, 0) is 27.2 Å². The lowest BCUT2D eigenvalue weighted by atomic mass is 10.1. The average molecular weight is 233 g/mol. The van der Waals surface area contributed by atoms with Crippen molar-refractivity contribution in [3.8, 4) is 0 Å². The molecule has 1 atom stereocenters. The van der Waals surface area contributed by atoms with E-state index in [1.165, 1.54) is 4.90 Å². The second-order valence-electron chi connectivity index (χ2n) is 4.74. The largest absolute Gasteiger partial charge is 0.444 e. The molecule has 0 aliphatic carbocycles. The summed E-state index contributed by atoms with van der Waals surface area (Å²) in [5.74, 6) is -0.634. The van der Waals surface area contributed by atoms with Gasteiger partial charge in [0.05, 0.1) is 6.67 Å². The summed E-state index contributed by atoms with van der Waals surface area (Å²) in [6.45, 7) is 4.94. The van der Waals surface area contributed by atoms with E-state index < -0.39 is 24.3 Å². The smallest absolute Gasteiger partial charge is 0.410 e. The number of carbonyl (C=O) groups excluding carboxylic acids is 2. The number of aldehydes is 1. The number of hydrogen-bond acceptors (Lipinski definition) is 3. The summed E-state index contributed by atoms with van der Waals surface area (Å²) in [7, 11) is 1.56. The van der Waals surface area contributed by atoms with E-state index in [-0.39, 0.29) is 0 Å². The minimum absolute atomic E-state index is 0.308. The van der Waals surface area contributed by atoms with Gasteiger partial charge >= 0.3 is 6.09 Å². The van der Waals surface area contributed by atoms with Gasteiger partial charge in [0.1, 0.15) is 11.9 Å². The predicted molar refractivity (Wildman–Crippen MR) is 59.0 cm³/mol. The van der Waals surface area contributed by atoms with Gasteiger partial charge in [-0.3, -0.25) is 4.39 Å². The maximum absolute atomic E-state index is 12.2. The minimum Gasteiger partial charge on any atom is -0.444 e. The average Bonchev–Trinajstić information content (AvgIpc) is 2.16. The van der Waals surface area contributed by atoms with Crippen LogP contribution in [0, 0.1) is 5.92 Å². The van der Waals surface area contributed by atoms with Crippen LogP contribution >= 0.6 is 0 Å². The van der Waals surface area contributed by atoms with Crippen molar-refractivity contribution in [2.75, 3.05) is 20.3 Å². The topological polar surface area (TPSA) is 46.6 Å². The molecule has 4 nitrogen and oxygen atoms in total. The molecule has 1 amide bonds. The number of halogens is 1. The van der Waals surface area contributed by atoms with Crippen molar-refractivity contribution >= 4 is 12.4 Å². The SMILES string of the molecule is CN(CCC(C=O)CF)C(=O)OC(C)(C)C. The standard InChI is InChI=1S/C11H20FNO3/c1-11(2,3)16-10(15)13(4)6-5-9(7-12)8-14/h8-9H,5-7H2,1-4H3. The molecule has 0 radical (unpaired) electrons. The molecular weight excluding hydrogens is 213 g/mol. The molecule has 0 aliphatic heterocycles. The fraction of sp³-hybridized carbons (Fsp3) is 0.818. The Morgan fingerprint density at radius 2 is 2.06 bits per heavy atom. The number of alkyl halides is 1. The van der Waals surface area contributed by atoms with Gasteiger partial charge in [-0.1, -0.05) is 0 Å². The molecule has 0 saturated carbocycles. The predicted octanol–water partition coefficient (Wildman–Crippen LogP) is 2.03. The van der Waals surface area contributed by atoms with Crippen LogP contribution in [0.3, 0.4) is 0 Å². The molecular formula is C11H20FNO3. The van der Waals surface area contributed by atoms with Crippen LogP contribution in [-0.4, -0.2) is 43.1 Å². The fourth-order valence-electron chi connectivity index (χ4n) is 0.972. The van der Waals surface area contributed by atoms with Gasteiger partial charge in [0.25, 0.3) is 0 Å². The lowest BCUT2D eigenvalue weighted by Gasteiger charge is -2.25. The summed E-state index contributed by atoms with van der Waals surface area (Å²) in [5.41, 5.74) is -0.546. The second-order valence-corrected chi connectivity index (χ2v) is 4.74. The first-order chi connectivity index (χ1) is 7.30. The second kappa shape index (κ2) is 6.45. The molecule has 94 valence electrons. The highest BCUT2D eigenvalue weighted by Gasteiger charge is 2.20. The number of ether oxygens (including phenoxy) is 1. The molecule has 0 heterocycles. The summed E-state index contributed by atoms with van der Waals surface area (Å²) < 4.78 is 17.3. The van der Waals surface area contributed by atoms with Crippen LogP contribution in [-0.2, 0) is 9.53 Å². The number of rotatable bonds is 5. The first-order valence-corrected chi connectivity index (χ1v) is 5.25. The molecule has 0 saturated heterocycles. The maximum atomic E-state index is 12.2. The Bertz CT molecular complexity index is 238. The molecule has 0 aromatic heterocycles. The Hall–Kier alpha value is -1.13. The van der Waals surface area contributed by atoms with Gasteiger partial charge in [-0.25, -0.2) is 4.79 Å². The molecule has 0 spiro atoms. The van der Waals surface area contributed by atoms with E-state index in [1.54, 1.807) is 27.8 Å². The van der Waals surface area contributed by atoms with E-state index in [1.807, 2.05) is 0 Å². The van der Waals surface area contributed by atoms with Crippen LogP contribution in [0.4, 0.5) is 9.18 Å². The molecule has 0 bridgehead atoms. The molecule has 0 fully saturated rings.